The van der Waals surface area contributed by atoms with Gasteiger partial charge >= 0.3 is 0 Å². The van der Waals surface area contributed by atoms with E-state index in [9.17, 15) is 9.18 Å². The minimum Gasteiger partial charge on any atom is -0.330 e. The van der Waals surface area contributed by atoms with E-state index in [0.717, 1.165) is 18.4 Å². The summed E-state index contributed by atoms with van der Waals surface area (Å²) in [6, 6.07) is 6.33. The quantitative estimate of drug-likeness (QED) is 0.843. The number of amides is 1. The third-order valence-corrected chi connectivity index (χ3v) is 3.55. The number of likely N-dealkylation sites (tertiary alicyclic amines) is 1. The summed E-state index contributed by atoms with van der Waals surface area (Å²) in [5, 5.41) is 0. The largest absolute Gasteiger partial charge is 0.330 e. The lowest BCUT2D eigenvalue weighted by atomic mass is 10.0. The molecule has 0 N–H and O–H groups in total. The minimum absolute atomic E-state index is 0.00916. The Morgan fingerprint density at radius 2 is 2.05 bits per heavy atom. The second-order valence-electron chi connectivity index (χ2n) is 4.80. The zero-order valence-corrected chi connectivity index (χ0v) is 10.9. The molecule has 0 unspecified atom stereocenters. The molecule has 0 bridgehead atoms. The van der Waals surface area contributed by atoms with E-state index in [-0.39, 0.29) is 17.8 Å². The Morgan fingerprint density at radius 1 is 1.25 bits per heavy atom. The predicted molar refractivity (Wildman–Crippen MR) is 71.4 cm³/mol. The van der Waals surface area contributed by atoms with Gasteiger partial charge in [0.25, 0.3) is 5.91 Å². The first-order valence-electron chi connectivity index (χ1n) is 6.58. The topological polar surface area (TPSA) is 46.1 Å². The van der Waals surface area contributed by atoms with Crippen molar-refractivity contribution in [2.24, 2.45) is 0 Å². The molecule has 0 spiro atoms. The van der Waals surface area contributed by atoms with Crippen molar-refractivity contribution in [2.45, 2.75) is 18.9 Å². The molecule has 5 heteroatoms. The van der Waals surface area contributed by atoms with Gasteiger partial charge in [0.15, 0.2) is 0 Å². The Kier molecular flexibility index (Phi) is 3.41. The average molecular weight is 271 g/mol. The van der Waals surface area contributed by atoms with Crippen molar-refractivity contribution in [1.82, 2.24) is 14.9 Å². The van der Waals surface area contributed by atoms with Crippen LogP contribution in [0.4, 0.5) is 4.39 Å². The van der Waals surface area contributed by atoms with E-state index in [1.807, 2.05) is 0 Å². The molecule has 1 aliphatic heterocycles. The van der Waals surface area contributed by atoms with Gasteiger partial charge in [0.2, 0.25) is 0 Å². The van der Waals surface area contributed by atoms with Crippen molar-refractivity contribution in [1.29, 1.82) is 0 Å². The Morgan fingerprint density at radius 3 is 2.75 bits per heavy atom. The molecule has 2 aromatic rings. The lowest BCUT2D eigenvalue weighted by molar-refractivity contribution is 0.0729. The molecule has 1 aromatic heterocycles. The van der Waals surface area contributed by atoms with E-state index in [1.165, 1.54) is 30.7 Å². The first-order chi connectivity index (χ1) is 9.75. The molecule has 1 atom stereocenters. The molecule has 2 heterocycles. The highest BCUT2D eigenvalue weighted by Gasteiger charge is 2.31. The SMILES string of the molecule is O=C(c1cnccn1)N1CCC[C@@H]1c1ccc(F)cc1. The van der Waals surface area contributed by atoms with Crippen LogP contribution in [-0.2, 0) is 0 Å². The molecule has 1 aromatic carbocycles. The fourth-order valence-corrected chi connectivity index (χ4v) is 2.60. The van der Waals surface area contributed by atoms with Crippen LogP contribution in [0.25, 0.3) is 0 Å². The van der Waals surface area contributed by atoms with E-state index in [0.29, 0.717) is 12.2 Å². The van der Waals surface area contributed by atoms with Crippen LogP contribution >= 0.6 is 0 Å². The summed E-state index contributed by atoms with van der Waals surface area (Å²) in [6.07, 6.45) is 6.35. The summed E-state index contributed by atoms with van der Waals surface area (Å²) in [6.45, 7) is 0.692. The van der Waals surface area contributed by atoms with Gasteiger partial charge in [-0.1, -0.05) is 12.1 Å². The fraction of sp³-hybridized carbons (Fsp3) is 0.267. The van der Waals surface area contributed by atoms with E-state index in [4.69, 9.17) is 0 Å². The first kappa shape index (κ1) is 12.7. The van der Waals surface area contributed by atoms with Crippen molar-refractivity contribution in [3.63, 3.8) is 0 Å². The number of hydrogen-bond donors (Lipinski definition) is 0. The lowest BCUT2D eigenvalue weighted by Gasteiger charge is -2.24. The van der Waals surface area contributed by atoms with Gasteiger partial charge < -0.3 is 4.90 Å². The molecule has 1 fully saturated rings. The van der Waals surface area contributed by atoms with Crippen LogP contribution in [-0.4, -0.2) is 27.3 Å². The van der Waals surface area contributed by atoms with Crippen LogP contribution in [0.5, 0.6) is 0 Å². The molecule has 20 heavy (non-hydrogen) atoms. The summed E-state index contributed by atoms with van der Waals surface area (Å²) >= 11 is 0. The zero-order valence-electron chi connectivity index (χ0n) is 10.9. The number of hydrogen-bond acceptors (Lipinski definition) is 3. The molecular weight excluding hydrogens is 257 g/mol. The van der Waals surface area contributed by atoms with Gasteiger partial charge in [-0.25, -0.2) is 9.37 Å². The summed E-state index contributed by atoms with van der Waals surface area (Å²) < 4.78 is 13.0. The highest BCUT2D eigenvalue weighted by atomic mass is 19.1. The number of benzene rings is 1. The standard InChI is InChI=1S/C15H14FN3O/c16-12-5-3-11(4-6-12)14-2-1-9-19(14)15(20)13-10-17-7-8-18-13/h3-8,10,14H,1-2,9H2/t14-/m1/s1. The van der Waals surface area contributed by atoms with Gasteiger partial charge in [-0.2, -0.15) is 0 Å². The molecule has 1 saturated heterocycles. The van der Waals surface area contributed by atoms with Crippen LogP contribution in [0.3, 0.4) is 0 Å². The van der Waals surface area contributed by atoms with E-state index < -0.39 is 0 Å². The van der Waals surface area contributed by atoms with Crippen molar-refractivity contribution >= 4 is 5.91 Å². The Balaban J connectivity index is 1.86. The number of halogens is 1. The summed E-state index contributed by atoms with van der Waals surface area (Å²) in [7, 11) is 0. The molecule has 0 radical (unpaired) electrons. The maximum atomic E-state index is 13.0. The maximum Gasteiger partial charge on any atom is 0.274 e. The van der Waals surface area contributed by atoms with E-state index >= 15 is 0 Å². The van der Waals surface area contributed by atoms with Gasteiger partial charge in [-0.15, -0.1) is 0 Å². The molecule has 1 amide bonds. The molecule has 0 saturated carbocycles. The van der Waals surface area contributed by atoms with Crippen LogP contribution in [0.15, 0.2) is 42.9 Å². The molecule has 0 aliphatic carbocycles. The average Bonchev–Trinajstić information content (AvgIpc) is 2.97. The zero-order chi connectivity index (χ0) is 13.9. The summed E-state index contributed by atoms with van der Waals surface area (Å²) in [4.78, 5) is 22.2. The number of nitrogens with zero attached hydrogens (tertiary/aromatic N) is 3. The molecule has 3 rings (SSSR count). The van der Waals surface area contributed by atoms with Crippen molar-refractivity contribution in [3.8, 4) is 0 Å². The Labute approximate surface area is 116 Å². The Bertz CT molecular complexity index is 600. The van der Waals surface area contributed by atoms with Gasteiger partial charge in [0, 0.05) is 18.9 Å². The fourth-order valence-electron chi connectivity index (χ4n) is 2.60. The number of rotatable bonds is 2. The lowest BCUT2D eigenvalue weighted by Crippen LogP contribution is -2.31. The van der Waals surface area contributed by atoms with E-state index in [2.05, 4.69) is 9.97 Å². The van der Waals surface area contributed by atoms with Gasteiger partial charge in [0.05, 0.1) is 12.2 Å². The van der Waals surface area contributed by atoms with Crippen LogP contribution in [0, 0.1) is 5.82 Å². The number of carbonyl (C=O) groups excluding carboxylic acids is 1. The normalized spacial score (nSPS) is 18.2. The third-order valence-electron chi connectivity index (χ3n) is 3.55. The second-order valence-corrected chi connectivity index (χ2v) is 4.80. The monoisotopic (exact) mass is 271 g/mol. The van der Waals surface area contributed by atoms with E-state index in [1.54, 1.807) is 17.0 Å². The van der Waals surface area contributed by atoms with Crippen molar-refractivity contribution < 1.29 is 9.18 Å². The molecular formula is C15H14FN3O. The predicted octanol–water partition coefficient (Wildman–Crippen LogP) is 2.59. The first-order valence-corrected chi connectivity index (χ1v) is 6.58. The second kappa shape index (κ2) is 5.36. The smallest absolute Gasteiger partial charge is 0.274 e. The summed E-state index contributed by atoms with van der Waals surface area (Å²) in [5.74, 6) is -0.386. The van der Waals surface area contributed by atoms with Gasteiger partial charge in [-0.05, 0) is 30.5 Å². The highest BCUT2D eigenvalue weighted by molar-refractivity contribution is 5.92. The number of aromatic nitrogens is 2. The van der Waals surface area contributed by atoms with Crippen LogP contribution in [0.1, 0.15) is 34.9 Å². The summed E-state index contributed by atoms with van der Waals surface area (Å²) in [5.41, 5.74) is 1.31. The van der Waals surface area contributed by atoms with Gasteiger partial charge in [0.1, 0.15) is 11.5 Å². The van der Waals surface area contributed by atoms with Crippen molar-refractivity contribution in [2.75, 3.05) is 6.54 Å². The van der Waals surface area contributed by atoms with Crippen LogP contribution in [0.2, 0.25) is 0 Å². The molecule has 102 valence electrons. The van der Waals surface area contributed by atoms with Gasteiger partial charge in [-0.3, -0.25) is 9.78 Å². The number of carbonyl (C=O) groups is 1. The highest BCUT2D eigenvalue weighted by Crippen LogP contribution is 2.32. The molecule has 1 aliphatic rings. The van der Waals surface area contributed by atoms with Crippen molar-refractivity contribution in [3.05, 3.63) is 59.9 Å². The maximum absolute atomic E-state index is 13.0. The van der Waals surface area contributed by atoms with Crippen LogP contribution < -0.4 is 0 Å². The third kappa shape index (κ3) is 2.39. The minimum atomic E-state index is -0.265. The molecule has 4 nitrogen and oxygen atoms in total. The Hall–Kier alpha value is -2.30.